The zero-order chi connectivity index (χ0) is 22.8. The molecule has 3 aromatic rings. The second-order valence-corrected chi connectivity index (χ2v) is 8.38. The van der Waals surface area contributed by atoms with Crippen LogP contribution in [-0.2, 0) is 0 Å². The third kappa shape index (κ3) is 4.60. The van der Waals surface area contributed by atoms with Gasteiger partial charge in [-0.05, 0) is 67.0 Å². The number of carbonyl (C=O) groups excluding carboxylic acids is 1. The molecule has 0 spiro atoms. The molecular weight excluding hydrogens is 414 g/mol. The molecule has 1 fully saturated rings. The predicted molar refractivity (Wildman–Crippen MR) is 117 cm³/mol. The molecule has 1 saturated carbocycles. The fraction of sp³-hybridized carbons (Fsp3) is 0.292. The van der Waals surface area contributed by atoms with Gasteiger partial charge in [0, 0.05) is 23.9 Å². The van der Waals surface area contributed by atoms with E-state index in [-0.39, 0.29) is 29.0 Å². The average Bonchev–Trinajstić information content (AvgIpc) is 2.74. The quantitative estimate of drug-likeness (QED) is 0.552. The van der Waals surface area contributed by atoms with Crippen LogP contribution in [0.1, 0.15) is 48.2 Å². The number of aromatic hydroxyl groups is 1. The minimum Gasteiger partial charge on any atom is -0.508 e. The van der Waals surface area contributed by atoms with Crippen molar-refractivity contribution in [2.45, 2.75) is 38.1 Å². The highest BCUT2D eigenvalue weighted by Gasteiger charge is 2.28. The maximum absolute atomic E-state index is 14.5. The average molecular weight is 438 g/mol. The lowest BCUT2D eigenvalue weighted by molar-refractivity contribution is 0.101. The largest absolute Gasteiger partial charge is 0.508 e. The number of hydrogen-bond donors (Lipinski definition) is 3. The molecule has 0 radical (unpaired) electrons. The molecule has 0 aliphatic heterocycles. The Kier molecular flexibility index (Phi) is 6.14. The van der Waals surface area contributed by atoms with Crippen molar-refractivity contribution in [2.24, 2.45) is 11.7 Å². The van der Waals surface area contributed by atoms with Gasteiger partial charge in [-0.3, -0.25) is 9.78 Å². The first-order valence-electron chi connectivity index (χ1n) is 10.5. The van der Waals surface area contributed by atoms with Crippen molar-refractivity contribution in [1.29, 1.82) is 0 Å². The summed E-state index contributed by atoms with van der Waals surface area (Å²) in [4.78, 5) is 21.1. The van der Waals surface area contributed by atoms with Gasteiger partial charge in [-0.1, -0.05) is 6.92 Å². The van der Waals surface area contributed by atoms with Gasteiger partial charge >= 0.3 is 0 Å². The molecule has 32 heavy (non-hydrogen) atoms. The zero-order valence-electron chi connectivity index (χ0n) is 17.6. The van der Waals surface area contributed by atoms with Crippen LogP contribution in [0.5, 0.6) is 5.75 Å². The van der Waals surface area contributed by atoms with Crippen LogP contribution in [0.3, 0.4) is 0 Å². The molecule has 6 nitrogen and oxygen atoms in total. The van der Waals surface area contributed by atoms with E-state index in [4.69, 9.17) is 5.73 Å². The Labute approximate surface area is 184 Å². The number of nitrogens with two attached hydrogens (primary N) is 1. The van der Waals surface area contributed by atoms with Crippen LogP contribution >= 0.6 is 0 Å². The fourth-order valence-corrected chi connectivity index (χ4v) is 4.42. The van der Waals surface area contributed by atoms with Crippen molar-refractivity contribution in [3.8, 4) is 17.0 Å². The Bertz CT molecular complexity index is 1140. The standard InChI is InChI=1S/C24H24F2N4O2/c1-13-8-14(10-15(27)9-13)17-6-7-28-12-22(17)30-24(32)23-19(25)4-5-21(29-23)18-3-2-16(31)11-20(18)26/h2-7,11-15,31H,8-10,27H2,1H3,(H,30,32). The minimum atomic E-state index is -0.829. The first-order chi connectivity index (χ1) is 15.3. The van der Waals surface area contributed by atoms with Crippen LogP contribution in [-0.4, -0.2) is 27.0 Å². The van der Waals surface area contributed by atoms with E-state index in [1.807, 2.05) is 6.07 Å². The number of anilines is 1. The van der Waals surface area contributed by atoms with Gasteiger partial charge in [0.1, 0.15) is 11.6 Å². The summed E-state index contributed by atoms with van der Waals surface area (Å²) in [5.74, 6) is -1.95. The second kappa shape index (κ2) is 9.00. The molecule has 1 amide bonds. The normalized spacial score (nSPS) is 20.7. The summed E-state index contributed by atoms with van der Waals surface area (Å²) in [6, 6.07) is 7.81. The van der Waals surface area contributed by atoms with E-state index in [0.717, 1.165) is 37.0 Å². The minimum absolute atomic E-state index is 0.0455. The maximum Gasteiger partial charge on any atom is 0.277 e. The van der Waals surface area contributed by atoms with Gasteiger partial charge in [0.05, 0.1) is 17.6 Å². The number of nitrogens with one attached hydrogen (secondary N) is 1. The first-order valence-corrected chi connectivity index (χ1v) is 10.5. The predicted octanol–water partition coefficient (Wildman–Crippen LogP) is 4.61. The van der Waals surface area contributed by atoms with Crippen LogP contribution in [0, 0.1) is 17.6 Å². The Morgan fingerprint density at radius 2 is 1.94 bits per heavy atom. The molecule has 1 aromatic carbocycles. The van der Waals surface area contributed by atoms with Crippen LogP contribution in [0.4, 0.5) is 14.5 Å². The lowest BCUT2D eigenvalue weighted by atomic mass is 9.76. The number of pyridine rings is 2. The van der Waals surface area contributed by atoms with Crippen molar-refractivity contribution in [3.05, 3.63) is 71.7 Å². The van der Waals surface area contributed by atoms with Gasteiger partial charge in [0.25, 0.3) is 5.91 Å². The van der Waals surface area contributed by atoms with Gasteiger partial charge in [0.15, 0.2) is 11.5 Å². The molecule has 1 aliphatic carbocycles. The monoisotopic (exact) mass is 438 g/mol. The number of rotatable bonds is 4. The summed E-state index contributed by atoms with van der Waals surface area (Å²) in [5, 5.41) is 12.1. The Hall–Kier alpha value is -3.39. The molecule has 2 aromatic heterocycles. The van der Waals surface area contributed by atoms with E-state index in [9.17, 15) is 18.7 Å². The number of aromatic nitrogens is 2. The fourth-order valence-electron chi connectivity index (χ4n) is 4.42. The van der Waals surface area contributed by atoms with E-state index >= 15 is 0 Å². The molecule has 0 saturated heterocycles. The van der Waals surface area contributed by atoms with Crippen molar-refractivity contribution in [3.63, 3.8) is 0 Å². The number of amides is 1. The molecule has 3 unspecified atom stereocenters. The maximum atomic E-state index is 14.5. The highest BCUT2D eigenvalue weighted by Crippen LogP contribution is 2.38. The van der Waals surface area contributed by atoms with Crippen molar-refractivity contribution >= 4 is 11.6 Å². The smallest absolute Gasteiger partial charge is 0.277 e. The third-order valence-corrected chi connectivity index (χ3v) is 5.81. The first kappa shape index (κ1) is 21.8. The van der Waals surface area contributed by atoms with Gasteiger partial charge < -0.3 is 16.2 Å². The third-order valence-electron chi connectivity index (χ3n) is 5.81. The zero-order valence-corrected chi connectivity index (χ0v) is 17.6. The Balaban J connectivity index is 1.63. The second-order valence-electron chi connectivity index (χ2n) is 8.38. The van der Waals surface area contributed by atoms with Crippen LogP contribution in [0.25, 0.3) is 11.3 Å². The van der Waals surface area contributed by atoms with Gasteiger partial charge in [-0.15, -0.1) is 0 Å². The summed E-state index contributed by atoms with van der Waals surface area (Å²) >= 11 is 0. The number of phenols is 1. The molecule has 0 bridgehead atoms. The number of carbonyl (C=O) groups is 1. The number of benzene rings is 1. The lowest BCUT2D eigenvalue weighted by Crippen LogP contribution is -2.31. The van der Waals surface area contributed by atoms with Crippen molar-refractivity contribution in [2.75, 3.05) is 5.32 Å². The number of halogens is 2. The summed E-state index contributed by atoms with van der Waals surface area (Å²) in [6.07, 6.45) is 5.86. The van der Waals surface area contributed by atoms with Crippen LogP contribution in [0.2, 0.25) is 0 Å². The molecule has 1 aliphatic rings. The molecular formula is C24H24F2N4O2. The van der Waals surface area contributed by atoms with E-state index in [1.165, 1.54) is 24.4 Å². The van der Waals surface area contributed by atoms with Crippen molar-refractivity contribution < 1.29 is 18.7 Å². The number of hydrogen-bond acceptors (Lipinski definition) is 5. The summed E-state index contributed by atoms with van der Waals surface area (Å²) in [7, 11) is 0. The molecule has 8 heteroatoms. The van der Waals surface area contributed by atoms with Gasteiger partial charge in [-0.25, -0.2) is 13.8 Å². The molecule has 3 atom stereocenters. The Morgan fingerprint density at radius 1 is 1.12 bits per heavy atom. The van der Waals surface area contributed by atoms with E-state index in [0.29, 0.717) is 11.6 Å². The van der Waals surface area contributed by atoms with Crippen molar-refractivity contribution in [1.82, 2.24) is 9.97 Å². The lowest BCUT2D eigenvalue weighted by Gasteiger charge is -2.32. The van der Waals surface area contributed by atoms with Gasteiger partial charge in [0.2, 0.25) is 0 Å². The SMILES string of the molecule is CC1CC(N)CC(c2ccncc2NC(=O)c2nc(-c3ccc(O)cc3F)ccc2F)C1. The summed E-state index contributed by atoms with van der Waals surface area (Å²) < 4.78 is 28.7. The number of phenolic OH excluding ortho intramolecular Hbond substituents is 1. The summed E-state index contributed by atoms with van der Waals surface area (Å²) in [5.41, 5.74) is 7.24. The number of nitrogens with zero attached hydrogens (tertiary/aromatic N) is 2. The summed E-state index contributed by atoms with van der Waals surface area (Å²) in [6.45, 7) is 2.15. The molecule has 4 N–H and O–H groups in total. The van der Waals surface area contributed by atoms with Crippen LogP contribution < -0.4 is 11.1 Å². The van der Waals surface area contributed by atoms with Crippen LogP contribution in [0.15, 0.2) is 48.8 Å². The molecule has 2 heterocycles. The van der Waals surface area contributed by atoms with Gasteiger partial charge in [-0.2, -0.15) is 0 Å². The topological polar surface area (TPSA) is 101 Å². The van der Waals surface area contributed by atoms with E-state index in [2.05, 4.69) is 22.2 Å². The van der Waals surface area contributed by atoms with E-state index < -0.39 is 23.2 Å². The van der Waals surface area contributed by atoms with E-state index in [1.54, 1.807) is 6.20 Å². The highest BCUT2D eigenvalue weighted by atomic mass is 19.1. The highest BCUT2D eigenvalue weighted by molar-refractivity contribution is 6.03. The molecule has 4 rings (SSSR count). The molecule has 166 valence electrons. The Morgan fingerprint density at radius 3 is 2.69 bits per heavy atom.